The second kappa shape index (κ2) is 4.55. The molecule has 0 aromatic carbocycles. The van der Waals surface area contributed by atoms with Crippen LogP contribution in [0.15, 0.2) is 18.3 Å². The van der Waals surface area contributed by atoms with E-state index in [0.717, 1.165) is 11.4 Å². The molecule has 0 aliphatic rings. The molecule has 0 bridgehead atoms. The van der Waals surface area contributed by atoms with Crippen LogP contribution in [0, 0.1) is 13.8 Å². The normalized spacial score (nSPS) is 10.6. The molecule has 5 nitrogen and oxygen atoms in total. The van der Waals surface area contributed by atoms with E-state index in [0.29, 0.717) is 17.2 Å². The zero-order valence-corrected chi connectivity index (χ0v) is 10.1. The third-order valence-electron chi connectivity index (χ3n) is 2.42. The van der Waals surface area contributed by atoms with E-state index in [1.807, 2.05) is 27.0 Å². The molecule has 0 aliphatic heterocycles. The van der Waals surface area contributed by atoms with Crippen molar-refractivity contribution in [3.63, 3.8) is 0 Å². The fraction of sp³-hybridized carbons (Fsp3) is 0.333. The molecule has 0 saturated heterocycles. The lowest BCUT2D eigenvalue weighted by Gasteiger charge is -2.09. The van der Waals surface area contributed by atoms with E-state index in [2.05, 4.69) is 10.1 Å². The van der Waals surface area contributed by atoms with E-state index in [9.17, 15) is 5.11 Å². The van der Waals surface area contributed by atoms with Gasteiger partial charge in [0.1, 0.15) is 5.75 Å². The van der Waals surface area contributed by atoms with Gasteiger partial charge in [-0.15, -0.1) is 0 Å². The summed E-state index contributed by atoms with van der Waals surface area (Å²) in [6.45, 7) is 3.68. The molecule has 0 unspecified atom stereocenters. The highest BCUT2D eigenvalue weighted by atomic mass is 16.5. The lowest BCUT2D eigenvalue weighted by atomic mass is 10.2. The second-order valence-corrected chi connectivity index (χ2v) is 3.94. The van der Waals surface area contributed by atoms with Crippen molar-refractivity contribution in [1.82, 2.24) is 14.8 Å². The molecule has 1 N–H and O–H groups in total. The van der Waals surface area contributed by atoms with Crippen LogP contribution in [-0.2, 0) is 13.7 Å². The first-order valence-corrected chi connectivity index (χ1v) is 5.35. The zero-order chi connectivity index (χ0) is 12.4. The Bertz CT molecular complexity index is 535. The number of pyridine rings is 1. The molecular weight excluding hydrogens is 218 g/mol. The molecule has 0 saturated carbocycles. The number of aryl methyl sites for hydroxylation is 3. The number of aromatic nitrogens is 3. The summed E-state index contributed by atoms with van der Waals surface area (Å²) < 4.78 is 7.39. The highest BCUT2D eigenvalue weighted by Gasteiger charge is 2.09. The quantitative estimate of drug-likeness (QED) is 0.876. The fourth-order valence-corrected chi connectivity index (χ4v) is 1.57. The molecule has 17 heavy (non-hydrogen) atoms. The van der Waals surface area contributed by atoms with Crippen LogP contribution in [0.5, 0.6) is 11.6 Å². The summed E-state index contributed by atoms with van der Waals surface area (Å²) in [4.78, 5) is 4.12. The van der Waals surface area contributed by atoms with Crippen molar-refractivity contribution in [1.29, 1.82) is 0 Å². The topological polar surface area (TPSA) is 60.2 Å². The van der Waals surface area contributed by atoms with Crippen LogP contribution < -0.4 is 4.74 Å². The summed E-state index contributed by atoms with van der Waals surface area (Å²) in [5.74, 6) is 1.26. The van der Waals surface area contributed by atoms with E-state index in [1.54, 1.807) is 16.9 Å². The van der Waals surface area contributed by atoms with Crippen LogP contribution in [0.2, 0.25) is 0 Å². The molecule has 2 heterocycles. The summed E-state index contributed by atoms with van der Waals surface area (Å²) in [6.07, 6.45) is 1.62. The Morgan fingerprint density at radius 2 is 2.06 bits per heavy atom. The molecule has 2 rings (SSSR count). The van der Waals surface area contributed by atoms with E-state index in [4.69, 9.17) is 4.74 Å². The van der Waals surface area contributed by atoms with Gasteiger partial charge in [0.2, 0.25) is 5.88 Å². The fourth-order valence-electron chi connectivity index (χ4n) is 1.57. The van der Waals surface area contributed by atoms with Gasteiger partial charge in [0.25, 0.3) is 0 Å². The summed E-state index contributed by atoms with van der Waals surface area (Å²) in [6, 6.07) is 3.64. The van der Waals surface area contributed by atoms with Crippen LogP contribution >= 0.6 is 0 Å². The third-order valence-corrected chi connectivity index (χ3v) is 2.42. The molecule has 5 heteroatoms. The number of hydrogen-bond acceptors (Lipinski definition) is 4. The predicted octanol–water partition coefficient (Wildman–Crippen LogP) is 1.72. The van der Waals surface area contributed by atoms with Gasteiger partial charge in [-0.1, -0.05) is 0 Å². The van der Waals surface area contributed by atoms with Crippen LogP contribution in [0.4, 0.5) is 0 Å². The van der Waals surface area contributed by atoms with E-state index >= 15 is 0 Å². The van der Waals surface area contributed by atoms with Gasteiger partial charge < -0.3 is 9.84 Å². The monoisotopic (exact) mass is 233 g/mol. The van der Waals surface area contributed by atoms with Gasteiger partial charge in [-0.25, -0.2) is 4.68 Å². The summed E-state index contributed by atoms with van der Waals surface area (Å²) in [5.41, 5.74) is 2.39. The Balaban J connectivity index is 2.35. The number of aliphatic hydroxyl groups is 1. The Labute approximate surface area is 99.7 Å². The maximum absolute atomic E-state index is 9.22. The molecule has 0 spiro atoms. The van der Waals surface area contributed by atoms with Gasteiger partial charge in [-0.3, -0.25) is 4.98 Å². The van der Waals surface area contributed by atoms with Crippen molar-refractivity contribution in [3.8, 4) is 11.6 Å². The second-order valence-electron chi connectivity index (χ2n) is 3.94. The number of ether oxygens (including phenoxy) is 1. The minimum atomic E-state index is -0.0978. The molecule has 2 aromatic heterocycles. The first-order valence-electron chi connectivity index (χ1n) is 5.35. The molecule has 0 amide bonds. The summed E-state index contributed by atoms with van der Waals surface area (Å²) >= 11 is 0. The van der Waals surface area contributed by atoms with Crippen LogP contribution in [0.1, 0.15) is 17.0 Å². The highest BCUT2D eigenvalue weighted by Crippen LogP contribution is 2.25. The first-order chi connectivity index (χ1) is 8.10. The standard InChI is InChI=1S/C12H15N3O2/c1-8-4-11(10(7-16)6-13-8)17-12-5-9(2)14-15(12)3/h4-6,16H,7H2,1-3H3. The number of rotatable bonds is 3. The Morgan fingerprint density at radius 3 is 2.65 bits per heavy atom. The van der Waals surface area contributed by atoms with Crippen LogP contribution in [-0.4, -0.2) is 19.9 Å². The van der Waals surface area contributed by atoms with Crippen molar-refractivity contribution >= 4 is 0 Å². The minimum absolute atomic E-state index is 0.0978. The number of hydrogen-bond donors (Lipinski definition) is 1. The van der Waals surface area contributed by atoms with Crippen LogP contribution in [0.25, 0.3) is 0 Å². The highest BCUT2D eigenvalue weighted by molar-refractivity contribution is 5.35. The predicted molar refractivity (Wildman–Crippen MR) is 62.9 cm³/mol. The molecule has 90 valence electrons. The average Bonchev–Trinajstić information content (AvgIpc) is 2.58. The molecular formula is C12H15N3O2. The molecule has 0 radical (unpaired) electrons. The van der Waals surface area contributed by atoms with Crippen molar-refractivity contribution in [2.45, 2.75) is 20.5 Å². The number of nitrogens with zero attached hydrogens (tertiary/aromatic N) is 3. The smallest absolute Gasteiger partial charge is 0.217 e. The maximum atomic E-state index is 9.22. The van der Waals surface area contributed by atoms with Crippen LogP contribution in [0.3, 0.4) is 0 Å². The van der Waals surface area contributed by atoms with E-state index < -0.39 is 0 Å². The molecule has 0 aliphatic carbocycles. The lowest BCUT2D eigenvalue weighted by Crippen LogP contribution is -1.99. The molecule has 0 fully saturated rings. The van der Waals surface area contributed by atoms with E-state index in [1.165, 1.54) is 0 Å². The molecule has 2 aromatic rings. The average molecular weight is 233 g/mol. The largest absolute Gasteiger partial charge is 0.439 e. The summed E-state index contributed by atoms with van der Waals surface area (Å²) in [5, 5.41) is 13.4. The lowest BCUT2D eigenvalue weighted by molar-refractivity contribution is 0.275. The minimum Gasteiger partial charge on any atom is -0.439 e. The van der Waals surface area contributed by atoms with Gasteiger partial charge >= 0.3 is 0 Å². The zero-order valence-electron chi connectivity index (χ0n) is 10.1. The van der Waals surface area contributed by atoms with Crippen molar-refractivity contribution < 1.29 is 9.84 Å². The summed E-state index contributed by atoms with van der Waals surface area (Å²) in [7, 11) is 1.81. The third kappa shape index (κ3) is 2.45. The Kier molecular flexibility index (Phi) is 3.10. The first kappa shape index (κ1) is 11.6. The number of aliphatic hydroxyl groups excluding tert-OH is 1. The van der Waals surface area contributed by atoms with E-state index in [-0.39, 0.29) is 6.61 Å². The van der Waals surface area contributed by atoms with Gasteiger partial charge in [-0.2, -0.15) is 5.10 Å². The van der Waals surface area contributed by atoms with Gasteiger partial charge in [0.15, 0.2) is 0 Å². The SMILES string of the molecule is Cc1cc(Oc2cc(C)nn2C)c(CO)cn1. The van der Waals surface area contributed by atoms with Crippen molar-refractivity contribution in [2.24, 2.45) is 7.05 Å². The van der Waals surface area contributed by atoms with Crippen molar-refractivity contribution in [3.05, 3.63) is 35.3 Å². The Hall–Kier alpha value is -1.88. The molecule has 0 atom stereocenters. The van der Waals surface area contributed by atoms with Gasteiger partial charge in [0.05, 0.1) is 12.3 Å². The maximum Gasteiger partial charge on any atom is 0.217 e. The van der Waals surface area contributed by atoms with Gasteiger partial charge in [0, 0.05) is 36.6 Å². The Morgan fingerprint density at radius 1 is 1.29 bits per heavy atom. The van der Waals surface area contributed by atoms with Crippen molar-refractivity contribution in [2.75, 3.05) is 0 Å². The van der Waals surface area contributed by atoms with Gasteiger partial charge in [-0.05, 0) is 13.8 Å².